The van der Waals surface area contributed by atoms with Gasteiger partial charge in [-0.3, -0.25) is 4.79 Å². The molecule has 1 aliphatic rings. The molecule has 9 nitrogen and oxygen atoms in total. The third-order valence-corrected chi connectivity index (χ3v) is 7.19. The average Bonchev–Trinajstić information content (AvgIpc) is 2.80. The summed E-state index contributed by atoms with van der Waals surface area (Å²) < 4.78 is 56.7. The molecule has 0 amide bonds. The van der Waals surface area contributed by atoms with Gasteiger partial charge in [0.2, 0.25) is 16.0 Å². The molecule has 214 valence electrons. The number of hydrogen-bond donors (Lipinski definition) is 0. The van der Waals surface area contributed by atoms with E-state index in [1.54, 1.807) is 39.8 Å². The van der Waals surface area contributed by atoms with Crippen LogP contribution in [0.5, 0.6) is 0 Å². The predicted molar refractivity (Wildman–Crippen MR) is 148 cm³/mol. The number of carbonyl (C=O) groups is 1. The van der Waals surface area contributed by atoms with E-state index in [2.05, 4.69) is 9.97 Å². The number of aromatic nitrogens is 2. The van der Waals surface area contributed by atoms with Crippen molar-refractivity contribution in [2.45, 2.75) is 84.4 Å². The lowest BCUT2D eigenvalue weighted by molar-refractivity contribution is -0.290. The molecule has 2 aromatic rings. The summed E-state index contributed by atoms with van der Waals surface area (Å²) >= 11 is 0. The summed E-state index contributed by atoms with van der Waals surface area (Å²) in [7, 11) is -2.23. The van der Waals surface area contributed by atoms with Gasteiger partial charge in [0.05, 0.1) is 42.4 Å². The molecule has 0 radical (unpaired) electrons. The van der Waals surface area contributed by atoms with Crippen molar-refractivity contribution >= 4 is 28.0 Å². The molecule has 3 rings (SSSR count). The van der Waals surface area contributed by atoms with Gasteiger partial charge in [-0.2, -0.15) is 0 Å². The van der Waals surface area contributed by atoms with Crippen molar-refractivity contribution in [2.24, 2.45) is 0 Å². The molecule has 0 N–H and O–H groups in total. The Labute approximate surface area is 230 Å². The summed E-state index contributed by atoms with van der Waals surface area (Å²) in [6.07, 6.45) is 4.28. The van der Waals surface area contributed by atoms with Crippen LogP contribution >= 0.6 is 0 Å². The Morgan fingerprint density at radius 3 is 2.38 bits per heavy atom. The van der Waals surface area contributed by atoms with E-state index >= 15 is 0 Å². The van der Waals surface area contributed by atoms with Crippen molar-refractivity contribution < 1.29 is 31.8 Å². The van der Waals surface area contributed by atoms with Gasteiger partial charge in [0.1, 0.15) is 5.82 Å². The molecular formula is C28H38FN3O6S. The zero-order chi connectivity index (χ0) is 29.1. The molecule has 0 spiro atoms. The molecule has 1 aromatic carbocycles. The molecule has 2 atom stereocenters. The van der Waals surface area contributed by atoms with Crippen molar-refractivity contribution in [3.05, 3.63) is 47.4 Å². The molecule has 2 heterocycles. The third-order valence-electron chi connectivity index (χ3n) is 6.03. The minimum atomic E-state index is -3.62. The monoisotopic (exact) mass is 563 g/mol. The number of nitrogens with zero attached hydrogens (tertiary/aromatic N) is 3. The van der Waals surface area contributed by atoms with Crippen LogP contribution in [0.15, 0.2) is 30.3 Å². The number of halogens is 1. The predicted octanol–water partition coefficient (Wildman–Crippen LogP) is 5.07. The van der Waals surface area contributed by atoms with Crippen molar-refractivity contribution in [3.8, 4) is 11.3 Å². The lowest BCUT2D eigenvalue weighted by Gasteiger charge is -2.39. The van der Waals surface area contributed by atoms with E-state index in [1.807, 2.05) is 26.0 Å². The smallest absolute Gasteiger partial charge is 0.308 e. The largest absolute Gasteiger partial charge is 0.463 e. The van der Waals surface area contributed by atoms with Crippen molar-refractivity contribution in [3.63, 3.8) is 0 Å². The Kier molecular flexibility index (Phi) is 9.51. The number of rotatable bonds is 9. The van der Waals surface area contributed by atoms with Gasteiger partial charge in [0.25, 0.3) is 0 Å². The van der Waals surface area contributed by atoms with Crippen molar-refractivity contribution in [1.82, 2.24) is 9.97 Å². The van der Waals surface area contributed by atoms with Crippen molar-refractivity contribution in [1.29, 1.82) is 0 Å². The fourth-order valence-corrected chi connectivity index (χ4v) is 4.67. The van der Waals surface area contributed by atoms with E-state index < -0.39 is 33.8 Å². The van der Waals surface area contributed by atoms with Gasteiger partial charge >= 0.3 is 5.97 Å². The van der Waals surface area contributed by atoms with Crippen LogP contribution in [0.3, 0.4) is 0 Å². The summed E-state index contributed by atoms with van der Waals surface area (Å²) in [6, 6.07) is 5.83. The Balaban J connectivity index is 2.05. The van der Waals surface area contributed by atoms with E-state index in [1.165, 1.54) is 19.2 Å². The topological polar surface area (TPSA) is 108 Å². The highest BCUT2D eigenvalue weighted by atomic mass is 32.2. The zero-order valence-corrected chi connectivity index (χ0v) is 24.6. The number of sulfonamides is 1. The molecular weight excluding hydrogens is 525 g/mol. The van der Waals surface area contributed by atoms with Crippen LogP contribution in [0.4, 0.5) is 10.3 Å². The van der Waals surface area contributed by atoms with Gasteiger partial charge in [0, 0.05) is 24.6 Å². The Bertz CT molecular complexity index is 1310. The number of carbonyl (C=O) groups excluding carboxylic acids is 1. The lowest BCUT2D eigenvalue weighted by atomic mass is 9.97. The second-order valence-electron chi connectivity index (χ2n) is 10.7. The molecule has 1 aliphatic heterocycles. The van der Waals surface area contributed by atoms with E-state index in [-0.39, 0.29) is 30.4 Å². The first-order valence-corrected chi connectivity index (χ1v) is 14.8. The maximum absolute atomic E-state index is 13.7. The Hall–Kier alpha value is -2.89. The van der Waals surface area contributed by atoms with Crippen molar-refractivity contribution in [2.75, 3.05) is 17.6 Å². The van der Waals surface area contributed by atoms with Gasteiger partial charge in [-0.05, 0) is 57.9 Å². The Morgan fingerprint density at radius 1 is 1.18 bits per heavy atom. The molecule has 0 bridgehead atoms. The summed E-state index contributed by atoms with van der Waals surface area (Å²) in [5.41, 5.74) is 2.34. The van der Waals surface area contributed by atoms with Crippen LogP contribution in [0.25, 0.3) is 17.3 Å². The van der Waals surface area contributed by atoms with E-state index in [0.717, 1.165) is 10.6 Å². The number of ether oxygens (including phenoxy) is 3. The molecule has 0 unspecified atom stereocenters. The standard InChI is InChI=1S/C28H38FN3O6S/c1-17(2)25-23(14-13-21-15-22(38-28(5,6)37-21)16-24(33)36-18(3)4)26(19-9-11-20(29)12-10-19)31-27(30-25)32(7)39(8,34)35/h9-14,17-18,21-22H,15-16H2,1-8H3/t21-,22-/m1/s1. The average molecular weight is 564 g/mol. The number of esters is 1. The normalized spacial score (nSPS) is 19.6. The number of hydrogen-bond acceptors (Lipinski definition) is 8. The van der Waals surface area contributed by atoms with Crippen LogP contribution < -0.4 is 4.31 Å². The SMILES string of the molecule is CC(C)OC(=O)C[C@H]1C[C@@H](C=Cc2c(-c3ccc(F)cc3)nc(N(C)S(C)(=O)=O)nc2C(C)C)OC(C)(C)O1. The highest BCUT2D eigenvalue weighted by Crippen LogP contribution is 2.34. The number of anilines is 1. The summed E-state index contributed by atoms with van der Waals surface area (Å²) in [5, 5.41) is 0. The van der Waals surface area contributed by atoms with Gasteiger partial charge < -0.3 is 14.2 Å². The van der Waals surface area contributed by atoms with Crippen LogP contribution in [-0.4, -0.2) is 61.8 Å². The lowest BCUT2D eigenvalue weighted by Crippen LogP contribution is -2.44. The Morgan fingerprint density at radius 2 is 1.82 bits per heavy atom. The zero-order valence-electron chi connectivity index (χ0n) is 23.8. The molecule has 1 fully saturated rings. The first-order chi connectivity index (χ1) is 18.1. The van der Waals surface area contributed by atoms with Crippen LogP contribution in [0, 0.1) is 5.82 Å². The molecule has 1 saturated heterocycles. The fourth-order valence-electron chi connectivity index (χ4n) is 4.29. The fraction of sp³-hybridized carbons (Fsp3) is 0.536. The highest BCUT2D eigenvalue weighted by molar-refractivity contribution is 7.92. The first-order valence-electron chi connectivity index (χ1n) is 12.9. The van der Waals surface area contributed by atoms with Crippen LogP contribution in [0.2, 0.25) is 0 Å². The van der Waals surface area contributed by atoms with Crippen LogP contribution in [-0.2, 0) is 29.0 Å². The van der Waals surface area contributed by atoms with Gasteiger partial charge in [-0.1, -0.05) is 26.0 Å². The molecule has 1 aromatic heterocycles. The first kappa shape index (κ1) is 30.6. The van der Waals surface area contributed by atoms with E-state index in [0.29, 0.717) is 28.9 Å². The molecule has 11 heteroatoms. The van der Waals surface area contributed by atoms with Gasteiger partial charge in [-0.15, -0.1) is 0 Å². The van der Waals surface area contributed by atoms with Crippen LogP contribution in [0.1, 0.15) is 71.6 Å². The summed E-state index contributed by atoms with van der Waals surface area (Å²) in [4.78, 5) is 21.5. The quantitative estimate of drug-likeness (QED) is 0.389. The number of benzene rings is 1. The maximum Gasteiger partial charge on any atom is 0.308 e. The minimum Gasteiger partial charge on any atom is -0.463 e. The molecule has 0 aliphatic carbocycles. The van der Waals surface area contributed by atoms with Gasteiger partial charge in [-0.25, -0.2) is 27.1 Å². The molecule has 39 heavy (non-hydrogen) atoms. The summed E-state index contributed by atoms with van der Waals surface area (Å²) in [6.45, 7) is 11.1. The minimum absolute atomic E-state index is 0.0184. The van der Waals surface area contributed by atoms with E-state index in [9.17, 15) is 17.6 Å². The van der Waals surface area contributed by atoms with Gasteiger partial charge in [0.15, 0.2) is 5.79 Å². The maximum atomic E-state index is 13.7. The second-order valence-corrected chi connectivity index (χ2v) is 12.7. The molecule has 0 saturated carbocycles. The van der Waals surface area contributed by atoms with E-state index in [4.69, 9.17) is 14.2 Å². The highest BCUT2D eigenvalue weighted by Gasteiger charge is 2.36. The second kappa shape index (κ2) is 12.1. The third kappa shape index (κ3) is 8.30. The summed E-state index contributed by atoms with van der Waals surface area (Å²) in [5.74, 6) is -1.75.